The van der Waals surface area contributed by atoms with E-state index >= 15 is 0 Å². The van der Waals surface area contributed by atoms with Crippen LogP contribution in [-0.4, -0.2) is 49.6 Å². The number of amides is 2. The maximum absolute atomic E-state index is 12.6. The molecule has 31 heavy (non-hydrogen) atoms. The van der Waals surface area contributed by atoms with Crippen LogP contribution >= 0.6 is 0 Å². The van der Waals surface area contributed by atoms with Crippen molar-refractivity contribution in [2.75, 3.05) is 26.8 Å². The number of hydrogen-bond donors (Lipinski definition) is 1. The maximum atomic E-state index is 12.6. The molecule has 1 heterocycles. The van der Waals surface area contributed by atoms with Gasteiger partial charge < -0.3 is 19.7 Å². The van der Waals surface area contributed by atoms with Gasteiger partial charge in [0.2, 0.25) is 11.8 Å². The van der Waals surface area contributed by atoms with E-state index in [9.17, 15) is 9.59 Å². The molecule has 1 saturated heterocycles. The highest BCUT2D eigenvalue weighted by atomic mass is 16.5. The second-order valence-electron chi connectivity index (χ2n) is 7.96. The van der Waals surface area contributed by atoms with Gasteiger partial charge >= 0.3 is 0 Å². The highest BCUT2D eigenvalue weighted by Gasteiger charge is 2.23. The van der Waals surface area contributed by atoms with E-state index in [1.807, 2.05) is 60.4 Å². The van der Waals surface area contributed by atoms with Gasteiger partial charge in [0.05, 0.1) is 20.1 Å². The molecule has 0 aliphatic carbocycles. The number of rotatable bonds is 9. The minimum Gasteiger partial charge on any atom is -0.497 e. The summed E-state index contributed by atoms with van der Waals surface area (Å²) in [6.45, 7) is 3.89. The molecular weight excluding hydrogens is 392 g/mol. The minimum atomic E-state index is 0.0522. The number of piperidine rings is 1. The van der Waals surface area contributed by atoms with Crippen molar-refractivity contribution in [2.45, 2.75) is 45.1 Å². The predicted molar refractivity (Wildman–Crippen MR) is 120 cm³/mol. The maximum Gasteiger partial charge on any atom is 0.226 e. The Morgan fingerprint density at radius 2 is 1.77 bits per heavy atom. The fraction of sp³-hybridized carbons (Fsp3) is 0.440. The molecule has 1 fully saturated rings. The van der Waals surface area contributed by atoms with Crippen molar-refractivity contribution in [3.8, 4) is 11.5 Å². The lowest BCUT2D eigenvalue weighted by Gasteiger charge is -2.32. The molecule has 2 aromatic carbocycles. The number of carbonyl (C=O) groups excluding carboxylic acids is 2. The molecule has 6 heteroatoms. The lowest BCUT2D eigenvalue weighted by atomic mass is 10.0. The van der Waals surface area contributed by atoms with Crippen LogP contribution in [0.25, 0.3) is 0 Å². The van der Waals surface area contributed by atoms with E-state index in [0.29, 0.717) is 39.0 Å². The van der Waals surface area contributed by atoms with E-state index in [1.54, 1.807) is 7.11 Å². The number of carbonyl (C=O) groups is 2. The number of likely N-dealkylation sites (tertiary alicyclic amines) is 1. The molecule has 1 aliphatic rings. The quantitative estimate of drug-likeness (QED) is 0.626. The van der Waals surface area contributed by atoms with Crippen molar-refractivity contribution >= 4 is 11.8 Å². The largest absolute Gasteiger partial charge is 0.497 e. The standard InChI is InChI=1S/C25H32N2O4/c1-19-6-3-4-7-23(19)31-17-5-8-24(28)26-21-13-15-27(16-14-21)25(29)18-20-9-11-22(30-2)12-10-20/h3-4,6-7,9-12,21H,5,8,13-18H2,1-2H3,(H,26,28). The Morgan fingerprint density at radius 1 is 1.06 bits per heavy atom. The molecule has 0 atom stereocenters. The van der Waals surface area contributed by atoms with Crippen LogP contribution in [0.1, 0.15) is 36.8 Å². The van der Waals surface area contributed by atoms with Crippen molar-refractivity contribution in [2.24, 2.45) is 0 Å². The molecule has 6 nitrogen and oxygen atoms in total. The van der Waals surface area contributed by atoms with Gasteiger partial charge in [0.1, 0.15) is 11.5 Å². The highest BCUT2D eigenvalue weighted by Crippen LogP contribution is 2.17. The van der Waals surface area contributed by atoms with Crippen molar-refractivity contribution in [3.63, 3.8) is 0 Å². The van der Waals surface area contributed by atoms with Crippen molar-refractivity contribution < 1.29 is 19.1 Å². The van der Waals surface area contributed by atoms with Crippen molar-refractivity contribution in [3.05, 3.63) is 59.7 Å². The number of hydrogen-bond acceptors (Lipinski definition) is 4. The Labute approximate surface area is 184 Å². The van der Waals surface area contributed by atoms with E-state index in [-0.39, 0.29) is 17.9 Å². The summed E-state index contributed by atoms with van der Waals surface area (Å²) in [5.74, 6) is 1.84. The SMILES string of the molecule is COc1ccc(CC(=O)N2CCC(NC(=O)CCCOc3ccccc3C)CC2)cc1. The van der Waals surface area contributed by atoms with Gasteiger partial charge in [0, 0.05) is 25.6 Å². The summed E-state index contributed by atoms with van der Waals surface area (Å²) in [5, 5.41) is 3.10. The molecule has 2 aromatic rings. The van der Waals surface area contributed by atoms with E-state index in [0.717, 1.165) is 35.5 Å². The van der Waals surface area contributed by atoms with Gasteiger partial charge in [0.15, 0.2) is 0 Å². The van der Waals surface area contributed by atoms with Crippen molar-refractivity contribution in [1.29, 1.82) is 0 Å². The fourth-order valence-corrected chi connectivity index (χ4v) is 3.74. The summed E-state index contributed by atoms with van der Waals surface area (Å²) < 4.78 is 10.9. The van der Waals surface area contributed by atoms with Gasteiger partial charge in [-0.3, -0.25) is 9.59 Å². The van der Waals surface area contributed by atoms with Crippen molar-refractivity contribution in [1.82, 2.24) is 10.2 Å². The molecule has 0 saturated carbocycles. The molecule has 0 bridgehead atoms. The summed E-state index contributed by atoms with van der Waals surface area (Å²) in [7, 11) is 1.63. The first-order valence-corrected chi connectivity index (χ1v) is 10.9. The third-order valence-electron chi connectivity index (χ3n) is 5.63. The molecule has 3 rings (SSSR count). The molecule has 0 radical (unpaired) electrons. The van der Waals surface area contributed by atoms with Gasteiger partial charge in [-0.25, -0.2) is 0 Å². The van der Waals surface area contributed by atoms with Crippen LogP contribution in [0.15, 0.2) is 48.5 Å². The molecule has 0 aromatic heterocycles. The minimum absolute atomic E-state index is 0.0522. The monoisotopic (exact) mass is 424 g/mol. The first-order valence-electron chi connectivity index (χ1n) is 10.9. The van der Waals surface area contributed by atoms with Crippen LogP contribution in [0.2, 0.25) is 0 Å². The summed E-state index contributed by atoms with van der Waals surface area (Å²) in [5.41, 5.74) is 2.08. The topological polar surface area (TPSA) is 67.9 Å². The Hall–Kier alpha value is -3.02. The molecular formula is C25H32N2O4. The summed E-state index contributed by atoms with van der Waals surface area (Å²) in [6.07, 6.45) is 3.10. The van der Waals surface area contributed by atoms with Crippen LogP contribution in [0.3, 0.4) is 0 Å². The van der Waals surface area contributed by atoms with Crippen LogP contribution in [0, 0.1) is 6.92 Å². The molecule has 0 unspecified atom stereocenters. The van der Waals surface area contributed by atoms with E-state index in [2.05, 4.69) is 5.32 Å². The molecule has 1 aliphatic heterocycles. The van der Waals surface area contributed by atoms with Crippen LogP contribution < -0.4 is 14.8 Å². The van der Waals surface area contributed by atoms with Crippen LogP contribution in [-0.2, 0) is 16.0 Å². The number of nitrogens with zero attached hydrogens (tertiary/aromatic N) is 1. The number of ether oxygens (including phenoxy) is 2. The number of nitrogens with one attached hydrogen (secondary N) is 1. The number of para-hydroxylation sites is 1. The normalized spacial score (nSPS) is 14.2. The van der Waals surface area contributed by atoms with E-state index < -0.39 is 0 Å². The van der Waals surface area contributed by atoms with Gasteiger partial charge in [-0.05, 0) is 55.5 Å². The van der Waals surface area contributed by atoms with E-state index in [1.165, 1.54) is 0 Å². The average molecular weight is 425 g/mol. The fourth-order valence-electron chi connectivity index (χ4n) is 3.74. The van der Waals surface area contributed by atoms with Crippen LogP contribution in [0.4, 0.5) is 0 Å². The number of methoxy groups -OCH3 is 1. The zero-order chi connectivity index (χ0) is 22.1. The second kappa shape index (κ2) is 11.4. The molecule has 166 valence electrons. The van der Waals surface area contributed by atoms with Gasteiger partial charge in [-0.2, -0.15) is 0 Å². The predicted octanol–water partition coefficient (Wildman–Crippen LogP) is 3.51. The van der Waals surface area contributed by atoms with E-state index in [4.69, 9.17) is 9.47 Å². The Bertz CT molecular complexity index is 858. The average Bonchev–Trinajstić information content (AvgIpc) is 2.79. The number of aryl methyl sites for hydroxylation is 1. The third-order valence-corrected chi connectivity index (χ3v) is 5.63. The Kier molecular flexibility index (Phi) is 8.33. The summed E-state index contributed by atoms with van der Waals surface area (Å²) in [6, 6.07) is 15.6. The summed E-state index contributed by atoms with van der Waals surface area (Å²) >= 11 is 0. The smallest absolute Gasteiger partial charge is 0.226 e. The first-order chi connectivity index (χ1) is 15.0. The van der Waals surface area contributed by atoms with Gasteiger partial charge in [0.25, 0.3) is 0 Å². The number of benzene rings is 2. The molecule has 0 spiro atoms. The van der Waals surface area contributed by atoms with Gasteiger partial charge in [-0.1, -0.05) is 30.3 Å². The zero-order valence-electron chi connectivity index (χ0n) is 18.4. The van der Waals surface area contributed by atoms with Gasteiger partial charge in [-0.15, -0.1) is 0 Å². The Balaban J connectivity index is 1.32. The lowest BCUT2D eigenvalue weighted by molar-refractivity contribution is -0.131. The third kappa shape index (κ3) is 7.02. The highest BCUT2D eigenvalue weighted by molar-refractivity contribution is 5.79. The molecule has 2 amide bonds. The second-order valence-corrected chi connectivity index (χ2v) is 7.96. The zero-order valence-corrected chi connectivity index (χ0v) is 18.4. The molecule has 1 N–H and O–H groups in total. The summed E-state index contributed by atoms with van der Waals surface area (Å²) in [4.78, 5) is 26.7. The van der Waals surface area contributed by atoms with Crippen LogP contribution in [0.5, 0.6) is 11.5 Å². The Morgan fingerprint density at radius 3 is 2.45 bits per heavy atom. The lowest BCUT2D eigenvalue weighted by Crippen LogP contribution is -2.47. The first kappa shape index (κ1) is 22.7.